The first kappa shape index (κ1) is 8.95. The molecule has 0 aliphatic heterocycles. The molecule has 14 heavy (non-hydrogen) atoms. The molecule has 0 fully saturated rings. The zero-order chi connectivity index (χ0) is 10.3. The average molecular weight is 257 g/mol. The molecule has 7 heteroatoms. The Morgan fingerprint density at radius 2 is 2.36 bits per heavy atom. The molecule has 0 amide bonds. The lowest BCUT2D eigenvalue weighted by Crippen LogP contribution is -2.09. The van der Waals surface area contributed by atoms with Crippen molar-refractivity contribution in [3.8, 4) is 0 Å². The number of rotatable bonds is 0. The first-order valence-corrected chi connectivity index (χ1v) is 4.42. The highest BCUT2D eigenvalue weighted by Crippen LogP contribution is 2.22. The zero-order valence-corrected chi connectivity index (χ0v) is 8.39. The fourth-order valence-electron chi connectivity index (χ4n) is 1.16. The largest absolute Gasteiger partial charge is 0.463 e. The summed E-state index contributed by atoms with van der Waals surface area (Å²) in [6.45, 7) is 0. The lowest BCUT2D eigenvalue weighted by Gasteiger charge is -1.94. The van der Waals surface area contributed by atoms with Gasteiger partial charge in [-0.2, -0.15) is 4.68 Å². The van der Waals surface area contributed by atoms with Crippen molar-refractivity contribution in [3.05, 3.63) is 16.9 Å². The van der Waals surface area contributed by atoms with Gasteiger partial charge in [0.1, 0.15) is 10.1 Å². The quantitative estimate of drug-likeness (QED) is 0.693. The summed E-state index contributed by atoms with van der Waals surface area (Å²) in [6.07, 6.45) is 0.215. The Balaban J connectivity index is 2.84. The van der Waals surface area contributed by atoms with E-state index in [2.05, 4.69) is 26.0 Å². The monoisotopic (exact) mass is 256 g/mol. The number of anilines is 1. The van der Waals surface area contributed by atoms with Crippen LogP contribution in [0.2, 0.25) is 0 Å². The van der Waals surface area contributed by atoms with Crippen molar-refractivity contribution >= 4 is 38.7 Å². The summed E-state index contributed by atoms with van der Waals surface area (Å²) < 4.78 is 1.38. The van der Waals surface area contributed by atoms with E-state index in [1.165, 1.54) is 6.20 Å². The van der Waals surface area contributed by atoms with E-state index in [1.54, 1.807) is 6.07 Å². The van der Waals surface area contributed by atoms with Crippen molar-refractivity contribution in [2.75, 3.05) is 5.73 Å². The molecule has 3 N–H and O–H groups in total. The van der Waals surface area contributed by atoms with Gasteiger partial charge in [-0.1, -0.05) is 0 Å². The van der Waals surface area contributed by atoms with Crippen LogP contribution in [0.3, 0.4) is 0 Å². The number of nitrogen functional groups attached to an aromatic ring is 1. The van der Waals surface area contributed by atoms with Crippen LogP contribution in [0.5, 0.6) is 0 Å². The van der Waals surface area contributed by atoms with Crippen molar-refractivity contribution in [2.45, 2.75) is 0 Å². The van der Waals surface area contributed by atoms with Crippen molar-refractivity contribution in [1.82, 2.24) is 14.8 Å². The molecule has 0 saturated heterocycles. The van der Waals surface area contributed by atoms with Crippen molar-refractivity contribution < 1.29 is 9.90 Å². The lowest BCUT2D eigenvalue weighted by molar-refractivity contribution is 0.194. The number of carbonyl (C=O) groups is 1. The second-order valence-corrected chi connectivity index (χ2v) is 3.42. The van der Waals surface area contributed by atoms with Gasteiger partial charge in [-0.3, -0.25) is 0 Å². The number of aromatic nitrogens is 3. The zero-order valence-electron chi connectivity index (χ0n) is 6.81. The molecule has 0 bridgehead atoms. The third kappa shape index (κ3) is 1.22. The molecule has 2 rings (SSSR count). The molecule has 0 atom stereocenters. The van der Waals surface area contributed by atoms with Gasteiger partial charge < -0.3 is 10.8 Å². The summed E-state index contributed by atoms with van der Waals surface area (Å²) in [5.74, 6) is 0.172. The van der Waals surface area contributed by atoms with Crippen LogP contribution < -0.4 is 5.73 Å². The van der Waals surface area contributed by atoms with Gasteiger partial charge in [-0.15, -0.1) is 5.10 Å². The lowest BCUT2D eigenvalue weighted by atomic mass is 10.3. The normalized spacial score (nSPS) is 10.6. The van der Waals surface area contributed by atoms with Crippen LogP contribution in [-0.4, -0.2) is 26.0 Å². The molecule has 2 heterocycles. The number of hydrogen-bond acceptors (Lipinski definition) is 4. The van der Waals surface area contributed by atoms with Crippen LogP contribution in [0.25, 0.3) is 10.9 Å². The number of hydrogen-bond donors (Lipinski definition) is 2. The SMILES string of the molecule is Nc1nn(C(=O)O)c2cnc(Br)cc12. The van der Waals surface area contributed by atoms with Crippen LogP contribution >= 0.6 is 15.9 Å². The van der Waals surface area contributed by atoms with Gasteiger partial charge in [-0.05, 0) is 22.0 Å². The van der Waals surface area contributed by atoms with E-state index in [9.17, 15) is 4.79 Å². The number of nitrogens with two attached hydrogens (primary N) is 1. The fraction of sp³-hybridized carbons (Fsp3) is 0. The Hall–Kier alpha value is -1.63. The number of pyridine rings is 1. The summed E-state index contributed by atoms with van der Waals surface area (Å²) >= 11 is 3.16. The third-order valence-corrected chi connectivity index (χ3v) is 2.18. The third-order valence-electron chi connectivity index (χ3n) is 1.74. The molecule has 6 nitrogen and oxygen atoms in total. The van der Waals surface area contributed by atoms with E-state index in [-0.39, 0.29) is 5.82 Å². The Morgan fingerprint density at radius 1 is 1.64 bits per heavy atom. The highest BCUT2D eigenvalue weighted by atomic mass is 79.9. The molecule has 0 radical (unpaired) electrons. The van der Waals surface area contributed by atoms with Gasteiger partial charge in [0.25, 0.3) is 0 Å². The summed E-state index contributed by atoms with van der Waals surface area (Å²) in [5.41, 5.74) is 5.91. The van der Waals surface area contributed by atoms with E-state index in [1.807, 2.05) is 0 Å². The average Bonchev–Trinajstić information content (AvgIpc) is 2.44. The predicted molar refractivity (Wildman–Crippen MR) is 53.1 cm³/mol. The van der Waals surface area contributed by atoms with Crippen molar-refractivity contribution in [1.29, 1.82) is 0 Å². The fourth-order valence-corrected chi connectivity index (χ4v) is 1.49. The van der Waals surface area contributed by atoms with Gasteiger partial charge in [0, 0.05) is 5.39 Å². The highest BCUT2D eigenvalue weighted by Gasteiger charge is 2.13. The summed E-state index contributed by atoms with van der Waals surface area (Å²) in [5, 5.41) is 13.0. The molecule has 0 aliphatic carbocycles. The van der Waals surface area contributed by atoms with E-state index in [4.69, 9.17) is 10.8 Å². The van der Waals surface area contributed by atoms with Gasteiger partial charge in [0.2, 0.25) is 0 Å². The Labute approximate surface area is 86.5 Å². The summed E-state index contributed by atoms with van der Waals surface area (Å²) in [7, 11) is 0. The number of nitrogens with zero attached hydrogens (tertiary/aromatic N) is 3. The Bertz CT molecular complexity index is 522. The topological polar surface area (TPSA) is 94.0 Å². The maximum atomic E-state index is 10.7. The van der Waals surface area contributed by atoms with Crippen LogP contribution in [0.4, 0.5) is 10.6 Å². The van der Waals surface area contributed by atoms with Crippen LogP contribution in [-0.2, 0) is 0 Å². The van der Waals surface area contributed by atoms with Crippen LogP contribution in [0.15, 0.2) is 16.9 Å². The molecule has 0 unspecified atom stereocenters. The second-order valence-electron chi connectivity index (χ2n) is 2.60. The summed E-state index contributed by atoms with van der Waals surface area (Å²) in [4.78, 5) is 14.6. The maximum Gasteiger partial charge on any atom is 0.432 e. The molecular formula is C7H5BrN4O2. The van der Waals surface area contributed by atoms with E-state index in [0.29, 0.717) is 15.5 Å². The van der Waals surface area contributed by atoms with E-state index in [0.717, 1.165) is 4.68 Å². The summed E-state index contributed by atoms with van der Waals surface area (Å²) in [6, 6.07) is 1.62. The molecule has 72 valence electrons. The number of halogens is 1. The van der Waals surface area contributed by atoms with Crippen LogP contribution in [0.1, 0.15) is 0 Å². The Kier molecular flexibility index (Phi) is 1.88. The standard InChI is InChI=1S/C7H5BrN4O2/c8-5-1-3-4(2-10-5)12(7(13)14)11-6(3)9/h1-2H,(H2,9,11)(H,13,14). The van der Waals surface area contributed by atoms with E-state index >= 15 is 0 Å². The molecule has 0 aromatic carbocycles. The molecule has 0 spiro atoms. The second kappa shape index (κ2) is 2.95. The van der Waals surface area contributed by atoms with Gasteiger partial charge >= 0.3 is 6.09 Å². The molecule has 2 aromatic heterocycles. The molecular weight excluding hydrogens is 252 g/mol. The Morgan fingerprint density at radius 3 is 3.00 bits per heavy atom. The maximum absolute atomic E-state index is 10.7. The first-order chi connectivity index (χ1) is 6.59. The minimum absolute atomic E-state index is 0.172. The van der Waals surface area contributed by atoms with Gasteiger partial charge in [0.15, 0.2) is 5.82 Å². The molecule has 0 aliphatic rings. The highest BCUT2D eigenvalue weighted by molar-refractivity contribution is 9.10. The molecule has 0 saturated carbocycles. The number of fused-ring (bicyclic) bond motifs is 1. The van der Waals surface area contributed by atoms with E-state index < -0.39 is 6.09 Å². The minimum Gasteiger partial charge on any atom is -0.463 e. The van der Waals surface area contributed by atoms with Crippen molar-refractivity contribution in [3.63, 3.8) is 0 Å². The predicted octanol–water partition coefficient (Wildman–Crippen LogP) is 1.30. The number of carboxylic acid groups (broad SMARTS) is 1. The molecule has 2 aromatic rings. The first-order valence-electron chi connectivity index (χ1n) is 3.62. The van der Waals surface area contributed by atoms with Gasteiger partial charge in [0.05, 0.1) is 6.20 Å². The van der Waals surface area contributed by atoms with Crippen molar-refractivity contribution in [2.24, 2.45) is 0 Å². The smallest absolute Gasteiger partial charge is 0.432 e. The van der Waals surface area contributed by atoms with Crippen LogP contribution in [0, 0.1) is 0 Å². The minimum atomic E-state index is -1.18. The van der Waals surface area contributed by atoms with Gasteiger partial charge in [-0.25, -0.2) is 9.78 Å².